The van der Waals surface area contributed by atoms with Crippen LogP contribution in [0.25, 0.3) is 10.9 Å². The molecule has 0 aliphatic carbocycles. The Morgan fingerprint density at radius 3 is 3.06 bits per heavy atom. The second-order valence-corrected chi connectivity index (χ2v) is 3.99. The summed E-state index contributed by atoms with van der Waals surface area (Å²) in [6, 6.07) is 9.76. The first-order valence-corrected chi connectivity index (χ1v) is 5.87. The van der Waals surface area contributed by atoms with E-state index in [0.717, 1.165) is 16.5 Å². The number of hydrogen-bond donors (Lipinski definition) is 1. The maximum absolute atomic E-state index is 11.6. The predicted octanol–water partition coefficient (Wildman–Crippen LogP) is 2.41. The van der Waals surface area contributed by atoms with Gasteiger partial charge in [-0.3, -0.25) is 4.79 Å². The number of carbonyl (C=O) groups excluding carboxylic acids is 1. The Kier molecular flexibility index (Phi) is 3.63. The van der Waals surface area contributed by atoms with Gasteiger partial charge in [-0.1, -0.05) is 12.1 Å². The molecule has 4 heteroatoms. The smallest absolute Gasteiger partial charge is 0.323 e. The average molecular weight is 242 g/mol. The second-order valence-electron chi connectivity index (χ2n) is 3.99. The Morgan fingerprint density at radius 2 is 2.33 bits per heavy atom. The molecule has 0 aliphatic rings. The van der Waals surface area contributed by atoms with E-state index in [-0.39, 0.29) is 0 Å². The Labute approximate surface area is 105 Å². The minimum atomic E-state index is -0.745. The van der Waals surface area contributed by atoms with Gasteiger partial charge in [0.2, 0.25) is 0 Å². The lowest BCUT2D eigenvalue weighted by Crippen LogP contribution is -2.18. The van der Waals surface area contributed by atoms with Crippen molar-refractivity contribution in [1.29, 1.82) is 5.26 Å². The normalized spacial score (nSPS) is 12.0. The SMILES string of the molecule is CCOC(=O)C(C#N)Cc1cccc2[nH]ccc12. The van der Waals surface area contributed by atoms with Crippen molar-refractivity contribution in [2.45, 2.75) is 13.3 Å². The molecule has 0 fully saturated rings. The van der Waals surface area contributed by atoms with E-state index in [0.29, 0.717) is 13.0 Å². The van der Waals surface area contributed by atoms with Crippen molar-refractivity contribution in [3.63, 3.8) is 0 Å². The van der Waals surface area contributed by atoms with Gasteiger partial charge in [0, 0.05) is 17.1 Å². The summed E-state index contributed by atoms with van der Waals surface area (Å²) in [7, 11) is 0. The molecule has 1 aromatic carbocycles. The highest BCUT2D eigenvalue weighted by atomic mass is 16.5. The first-order chi connectivity index (χ1) is 8.76. The van der Waals surface area contributed by atoms with Gasteiger partial charge in [0.1, 0.15) is 5.92 Å². The number of hydrogen-bond acceptors (Lipinski definition) is 3. The third kappa shape index (κ3) is 2.35. The molecule has 0 spiro atoms. The van der Waals surface area contributed by atoms with Crippen molar-refractivity contribution in [2.75, 3.05) is 6.61 Å². The predicted molar refractivity (Wildman–Crippen MR) is 67.7 cm³/mol. The number of benzene rings is 1. The lowest BCUT2D eigenvalue weighted by atomic mass is 9.98. The maximum atomic E-state index is 11.6. The van der Waals surface area contributed by atoms with Crippen molar-refractivity contribution in [2.24, 2.45) is 5.92 Å². The molecule has 0 saturated heterocycles. The minimum absolute atomic E-state index is 0.297. The minimum Gasteiger partial charge on any atom is -0.465 e. The number of esters is 1. The molecule has 92 valence electrons. The summed E-state index contributed by atoms with van der Waals surface area (Å²) in [4.78, 5) is 14.7. The van der Waals surface area contributed by atoms with Gasteiger partial charge in [-0.2, -0.15) is 5.26 Å². The van der Waals surface area contributed by atoms with Crippen LogP contribution >= 0.6 is 0 Å². The number of ether oxygens (including phenoxy) is 1. The van der Waals surface area contributed by atoms with Crippen LogP contribution in [-0.4, -0.2) is 17.6 Å². The quantitative estimate of drug-likeness (QED) is 0.837. The number of H-pyrrole nitrogens is 1. The molecular weight excluding hydrogens is 228 g/mol. The zero-order chi connectivity index (χ0) is 13.0. The summed E-state index contributed by atoms with van der Waals surface area (Å²) >= 11 is 0. The first kappa shape index (κ1) is 12.2. The number of aromatic nitrogens is 1. The maximum Gasteiger partial charge on any atom is 0.323 e. The summed E-state index contributed by atoms with van der Waals surface area (Å²) < 4.78 is 4.89. The second kappa shape index (κ2) is 5.37. The summed E-state index contributed by atoms with van der Waals surface area (Å²) in [5.74, 6) is -1.20. The Morgan fingerprint density at radius 1 is 1.50 bits per heavy atom. The molecule has 0 radical (unpaired) electrons. The summed E-state index contributed by atoms with van der Waals surface area (Å²) in [6.45, 7) is 2.03. The summed E-state index contributed by atoms with van der Waals surface area (Å²) in [5, 5.41) is 10.1. The van der Waals surface area contributed by atoms with E-state index in [1.165, 1.54) is 0 Å². The van der Waals surface area contributed by atoms with Gasteiger partial charge in [-0.15, -0.1) is 0 Å². The van der Waals surface area contributed by atoms with Gasteiger partial charge >= 0.3 is 5.97 Å². The van der Waals surface area contributed by atoms with Gasteiger partial charge in [0.15, 0.2) is 0 Å². The van der Waals surface area contributed by atoms with Crippen molar-refractivity contribution < 1.29 is 9.53 Å². The van der Waals surface area contributed by atoms with E-state index in [1.807, 2.05) is 36.5 Å². The van der Waals surface area contributed by atoms with Crippen LogP contribution in [0.2, 0.25) is 0 Å². The Hall–Kier alpha value is -2.28. The highest BCUT2D eigenvalue weighted by Gasteiger charge is 2.20. The molecule has 1 N–H and O–H groups in total. The van der Waals surface area contributed by atoms with Crippen LogP contribution in [0.15, 0.2) is 30.5 Å². The molecule has 1 aromatic heterocycles. The number of carbonyl (C=O) groups is 1. The van der Waals surface area contributed by atoms with Crippen LogP contribution in [0.3, 0.4) is 0 Å². The van der Waals surface area contributed by atoms with E-state index in [1.54, 1.807) is 6.92 Å². The molecule has 1 unspecified atom stereocenters. The number of rotatable bonds is 4. The molecule has 0 saturated carbocycles. The van der Waals surface area contributed by atoms with Crippen LogP contribution in [-0.2, 0) is 16.0 Å². The lowest BCUT2D eigenvalue weighted by molar-refractivity contribution is -0.145. The molecule has 0 amide bonds. The molecule has 0 aliphatic heterocycles. The zero-order valence-corrected chi connectivity index (χ0v) is 10.1. The lowest BCUT2D eigenvalue weighted by Gasteiger charge is -2.09. The highest BCUT2D eigenvalue weighted by Crippen LogP contribution is 2.20. The van der Waals surface area contributed by atoms with Gasteiger partial charge < -0.3 is 9.72 Å². The van der Waals surface area contributed by atoms with Crippen LogP contribution in [0.5, 0.6) is 0 Å². The molecule has 18 heavy (non-hydrogen) atoms. The molecular formula is C14H14N2O2. The molecule has 1 atom stereocenters. The summed E-state index contributed by atoms with van der Waals surface area (Å²) in [6.07, 6.45) is 2.23. The topological polar surface area (TPSA) is 65.9 Å². The Balaban J connectivity index is 2.25. The van der Waals surface area contributed by atoms with Gasteiger partial charge in [0.05, 0.1) is 12.7 Å². The van der Waals surface area contributed by atoms with Crippen LogP contribution in [0.4, 0.5) is 0 Å². The Bertz CT molecular complexity index is 595. The third-order valence-electron chi connectivity index (χ3n) is 2.84. The van der Waals surface area contributed by atoms with E-state index in [9.17, 15) is 4.79 Å². The van der Waals surface area contributed by atoms with E-state index in [4.69, 9.17) is 10.00 Å². The molecule has 0 bridgehead atoms. The molecule has 4 nitrogen and oxygen atoms in total. The zero-order valence-electron chi connectivity index (χ0n) is 10.1. The van der Waals surface area contributed by atoms with E-state index in [2.05, 4.69) is 4.98 Å². The average Bonchev–Trinajstić information content (AvgIpc) is 2.85. The number of fused-ring (bicyclic) bond motifs is 1. The fraction of sp³-hybridized carbons (Fsp3) is 0.286. The third-order valence-corrected chi connectivity index (χ3v) is 2.84. The van der Waals surface area contributed by atoms with Crippen molar-refractivity contribution in [3.05, 3.63) is 36.0 Å². The van der Waals surface area contributed by atoms with Gasteiger partial charge in [-0.25, -0.2) is 0 Å². The summed E-state index contributed by atoms with van der Waals surface area (Å²) in [5.41, 5.74) is 1.99. The van der Waals surface area contributed by atoms with Crippen molar-refractivity contribution in [1.82, 2.24) is 4.98 Å². The number of nitrogens with zero attached hydrogens (tertiary/aromatic N) is 1. The number of aromatic amines is 1. The fourth-order valence-electron chi connectivity index (χ4n) is 1.97. The van der Waals surface area contributed by atoms with E-state index >= 15 is 0 Å². The van der Waals surface area contributed by atoms with Gasteiger partial charge in [-0.05, 0) is 31.0 Å². The van der Waals surface area contributed by atoms with Crippen LogP contribution in [0, 0.1) is 17.2 Å². The fourth-order valence-corrected chi connectivity index (χ4v) is 1.97. The standard InChI is InChI=1S/C14H14N2O2/c1-2-18-14(17)11(9-15)8-10-4-3-5-13-12(10)6-7-16-13/h3-7,11,16H,2,8H2,1H3. The monoisotopic (exact) mass is 242 g/mol. The van der Waals surface area contributed by atoms with Gasteiger partial charge in [0.25, 0.3) is 0 Å². The van der Waals surface area contributed by atoms with Crippen molar-refractivity contribution >= 4 is 16.9 Å². The largest absolute Gasteiger partial charge is 0.465 e. The first-order valence-electron chi connectivity index (χ1n) is 5.87. The highest BCUT2D eigenvalue weighted by molar-refractivity contribution is 5.84. The number of nitriles is 1. The number of nitrogens with one attached hydrogen (secondary N) is 1. The van der Waals surface area contributed by atoms with E-state index < -0.39 is 11.9 Å². The molecule has 2 aromatic rings. The molecule has 2 rings (SSSR count). The van der Waals surface area contributed by atoms with Crippen molar-refractivity contribution in [3.8, 4) is 6.07 Å². The van der Waals surface area contributed by atoms with Crippen LogP contribution < -0.4 is 0 Å². The molecule has 1 heterocycles. The van der Waals surface area contributed by atoms with Crippen LogP contribution in [0.1, 0.15) is 12.5 Å².